The number of rotatable bonds is 3. The molecule has 37 heavy (non-hydrogen) atoms. The van der Waals surface area contributed by atoms with E-state index in [0.29, 0.717) is 43.9 Å². The number of aromatic nitrogens is 4. The zero-order valence-electron chi connectivity index (χ0n) is 21.0. The van der Waals surface area contributed by atoms with Crippen LogP contribution in [0.1, 0.15) is 57.1 Å². The molecular weight excluding hydrogens is 492 g/mol. The van der Waals surface area contributed by atoms with Gasteiger partial charge >= 0.3 is 0 Å². The minimum atomic E-state index is -3.36. The quantitative estimate of drug-likeness (QED) is 0.586. The van der Waals surface area contributed by atoms with Gasteiger partial charge in [-0.2, -0.15) is 10.4 Å². The standard InChI is InChI=1S/C25H30N8O3S/c1-16-13-32(24(34)19-5-3-8-37(19,35)36)17(2)12-31(16)22-21-23(28-15-27-22)33(14-25(21)6-4-7-25)20-9-18(10-26)11-29-30-20/h9,11,15-17,19H,3-8,12-14H2,1-2H3/t16-,17+,19?/m0/s1. The molecule has 1 amide bonds. The molecule has 194 valence electrons. The van der Waals surface area contributed by atoms with Crippen molar-refractivity contribution in [3.63, 3.8) is 0 Å². The largest absolute Gasteiger partial charge is 0.350 e. The predicted molar refractivity (Wildman–Crippen MR) is 136 cm³/mol. The number of carbonyl (C=O) groups excluding carboxylic acids is 1. The molecule has 3 atom stereocenters. The second-order valence-corrected chi connectivity index (χ2v) is 13.2. The van der Waals surface area contributed by atoms with Gasteiger partial charge in [0.15, 0.2) is 15.7 Å². The minimum Gasteiger partial charge on any atom is -0.350 e. The van der Waals surface area contributed by atoms with Gasteiger partial charge in [-0.25, -0.2) is 18.4 Å². The van der Waals surface area contributed by atoms with Crippen molar-refractivity contribution in [2.45, 2.75) is 68.7 Å². The lowest BCUT2D eigenvalue weighted by Gasteiger charge is -2.47. The van der Waals surface area contributed by atoms with Gasteiger partial charge in [-0.15, -0.1) is 5.10 Å². The average Bonchev–Trinajstić information content (AvgIpc) is 3.42. The fraction of sp³-hybridized carbons (Fsp3) is 0.600. The highest BCUT2D eigenvalue weighted by Crippen LogP contribution is 2.56. The van der Waals surface area contributed by atoms with Gasteiger partial charge in [0.05, 0.1) is 17.5 Å². The second kappa shape index (κ2) is 8.62. The number of anilines is 3. The molecule has 4 aliphatic rings. The normalized spacial score (nSPS) is 27.6. The van der Waals surface area contributed by atoms with Gasteiger partial charge < -0.3 is 14.7 Å². The molecule has 1 spiro atoms. The van der Waals surface area contributed by atoms with Gasteiger partial charge in [-0.1, -0.05) is 6.42 Å². The van der Waals surface area contributed by atoms with Crippen molar-refractivity contribution < 1.29 is 13.2 Å². The van der Waals surface area contributed by atoms with Crippen LogP contribution in [0.25, 0.3) is 0 Å². The summed E-state index contributed by atoms with van der Waals surface area (Å²) in [6.45, 7) is 5.75. The number of amides is 1. The highest BCUT2D eigenvalue weighted by atomic mass is 32.2. The molecule has 0 radical (unpaired) electrons. The van der Waals surface area contributed by atoms with Crippen LogP contribution in [0.2, 0.25) is 0 Å². The summed E-state index contributed by atoms with van der Waals surface area (Å²) in [5.41, 5.74) is 1.45. The maximum atomic E-state index is 13.3. The monoisotopic (exact) mass is 522 g/mol. The topological polar surface area (TPSA) is 136 Å². The molecule has 5 heterocycles. The van der Waals surface area contributed by atoms with Crippen LogP contribution in [0.5, 0.6) is 0 Å². The van der Waals surface area contributed by atoms with Crippen LogP contribution in [0, 0.1) is 11.3 Å². The number of hydrogen-bond donors (Lipinski definition) is 0. The van der Waals surface area contributed by atoms with Crippen molar-refractivity contribution in [3.05, 3.63) is 29.7 Å². The fourth-order valence-electron chi connectivity index (χ4n) is 6.45. The Labute approximate surface area is 216 Å². The van der Waals surface area contributed by atoms with Crippen LogP contribution in [-0.2, 0) is 20.0 Å². The van der Waals surface area contributed by atoms with Crippen LogP contribution in [0.4, 0.5) is 17.5 Å². The van der Waals surface area contributed by atoms with Crippen LogP contribution in [0.3, 0.4) is 0 Å². The lowest BCUT2D eigenvalue weighted by atomic mass is 9.66. The Morgan fingerprint density at radius 1 is 1.14 bits per heavy atom. The number of nitriles is 1. The molecule has 2 aromatic rings. The molecule has 1 unspecified atom stereocenters. The summed E-state index contributed by atoms with van der Waals surface area (Å²) >= 11 is 0. The lowest BCUT2D eigenvalue weighted by molar-refractivity contribution is -0.133. The SMILES string of the molecule is C[C@@H]1CN(c2ncnc3c2C2(CCC2)CN3c2cc(C#N)cnn2)[C@@H](C)CN1C(=O)C1CCCS1(=O)=O. The summed E-state index contributed by atoms with van der Waals surface area (Å²) in [4.78, 5) is 28.8. The van der Waals surface area contributed by atoms with Gasteiger partial charge in [0.1, 0.15) is 29.3 Å². The molecule has 1 saturated carbocycles. The highest BCUT2D eigenvalue weighted by Gasteiger charge is 2.52. The predicted octanol–water partition coefficient (Wildman–Crippen LogP) is 1.71. The first-order valence-electron chi connectivity index (χ1n) is 12.9. The molecule has 11 nitrogen and oxygen atoms in total. The molecular formula is C25H30N8O3S. The molecule has 3 fully saturated rings. The van der Waals surface area contributed by atoms with E-state index in [9.17, 15) is 18.5 Å². The third-order valence-electron chi connectivity index (χ3n) is 8.56. The van der Waals surface area contributed by atoms with E-state index in [1.54, 1.807) is 17.3 Å². The third kappa shape index (κ3) is 3.74. The van der Waals surface area contributed by atoms with E-state index in [0.717, 1.165) is 36.5 Å². The Morgan fingerprint density at radius 2 is 1.92 bits per heavy atom. The number of sulfone groups is 1. The smallest absolute Gasteiger partial charge is 0.241 e. The Kier molecular flexibility index (Phi) is 5.60. The maximum Gasteiger partial charge on any atom is 0.241 e. The number of hydrogen-bond acceptors (Lipinski definition) is 10. The fourth-order valence-corrected chi connectivity index (χ4v) is 8.27. The summed E-state index contributed by atoms with van der Waals surface area (Å²) in [5, 5.41) is 16.8. The van der Waals surface area contributed by atoms with Crippen molar-refractivity contribution in [1.29, 1.82) is 5.26 Å². The summed E-state index contributed by atoms with van der Waals surface area (Å²) in [6.07, 6.45) is 7.14. The zero-order valence-corrected chi connectivity index (χ0v) is 21.9. The van der Waals surface area contributed by atoms with Crippen molar-refractivity contribution in [2.75, 3.05) is 35.2 Å². The van der Waals surface area contributed by atoms with E-state index < -0.39 is 15.1 Å². The Balaban J connectivity index is 1.33. The molecule has 2 aromatic heterocycles. The van der Waals surface area contributed by atoms with Crippen LogP contribution < -0.4 is 9.80 Å². The van der Waals surface area contributed by atoms with E-state index in [4.69, 9.17) is 4.98 Å². The molecule has 1 aliphatic carbocycles. The Hall–Kier alpha value is -3.33. The Morgan fingerprint density at radius 3 is 2.59 bits per heavy atom. The molecule has 0 N–H and O–H groups in total. The molecule has 12 heteroatoms. The van der Waals surface area contributed by atoms with Gasteiger partial charge in [0.2, 0.25) is 5.91 Å². The Bertz CT molecular complexity index is 1400. The molecule has 0 aromatic carbocycles. The second-order valence-electron chi connectivity index (χ2n) is 10.9. The summed E-state index contributed by atoms with van der Waals surface area (Å²) in [7, 11) is -3.36. The van der Waals surface area contributed by atoms with E-state index in [2.05, 4.69) is 33.1 Å². The summed E-state index contributed by atoms with van der Waals surface area (Å²) in [6, 6.07) is 3.67. The number of fused-ring (bicyclic) bond motifs is 2. The number of piperazine rings is 1. The van der Waals surface area contributed by atoms with Crippen molar-refractivity contribution in [1.82, 2.24) is 25.1 Å². The summed E-state index contributed by atoms with van der Waals surface area (Å²) in [5.74, 6) is 2.10. The average molecular weight is 523 g/mol. The van der Waals surface area contributed by atoms with E-state index in [1.807, 2.05) is 11.8 Å². The van der Waals surface area contributed by atoms with Gasteiger partial charge in [0, 0.05) is 48.8 Å². The first-order valence-corrected chi connectivity index (χ1v) is 14.6. The number of carbonyl (C=O) groups is 1. The molecule has 6 rings (SSSR count). The molecule has 0 bridgehead atoms. The van der Waals surface area contributed by atoms with Crippen molar-refractivity contribution >= 4 is 33.2 Å². The zero-order chi connectivity index (χ0) is 25.9. The van der Waals surface area contributed by atoms with E-state index >= 15 is 0 Å². The molecule has 3 aliphatic heterocycles. The van der Waals surface area contributed by atoms with Crippen molar-refractivity contribution in [3.8, 4) is 6.07 Å². The first-order chi connectivity index (χ1) is 17.7. The highest BCUT2D eigenvalue weighted by molar-refractivity contribution is 7.93. The lowest BCUT2D eigenvalue weighted by Crippen LogP contribution is -2.60. The van der Waals surface area contributed by atoms with E-state index in [1.165, 1.54) is 6.20 Å². The van der Waals surface area contributed by atoms with Crippen LogP contribution in [-0.4, -0.2) is 82.1 Å². The van der Waals surface area contributed by atoms with Gasteiger partial charge in [0.25, 0.3) is 0 Å². The maximum absolute atomic E-state index is 13.3. The molecule has 2 saturated heterocycles. The number of nitrogens with zero attached hydrogens (tertiary/aromatic N) is 8. The van der Waals surface area contributed by atoms with Crippen molar-refractivity contribution in [2.24, 2.45) is 0 Å². The van der Waals surface area contributed by atoms with Crippen LogP contribution in [0.15, 0.2) is 18.6 Å². The van der Waals surface area contributed by atoms with Gasteiger partial charge in [-0.3, -0.25) is 4.79 Å². The summed E-state index contributed by atoms with van der Waals surface area (Å²) < 4.78 is 24.9. The van der Waals surface area contributed by atoms with E-state index in [-0.39, 0.29) is 29.2 Å². The van der Waals surface area contributed by atoms with Gasteiger partial charge in [-0.05, 0) is 39.5 Å². The first kappa shape index (κ1) is 24.0. The van der Waals surface area contributed by atoms with Crippen LogP contribution >= 0.6 is 0 Å². The third-order valence-corrected chi connectivity index (χ3v) is 10.7. The minimum absolute atomic E-state index is 0.0452.